The number of aromatic nitrogens is 1. The van der Waals surface area contributed by atoms with Gasteiger partial charge in [-0.25, -0.2) is 0 Å². The van der Waals surface area contributed by atoms with Gasteiger partial charge in [0.25, 0.3) is 0 Å². The zero-order valence-electron chi connectivity index (χ0n) is 11.7. The molecule has 3 nitrogen and oxygen atoms in total. The number of hydrogen-bond donors (Lipinski definition) is 1. The molecule has 0 aliphatic rings. The third-order valence-corrected chi connectivity index (χ3v) is 3.00. The molecule has 1 aromatic heterocycles. The van der Waals surface area contributed by atoms with Crippen LogP contribution in [0.4, 0.5) is 5.82 Å². The lowest BCUT2D eigenvalue weighted by atomic mass is 9.96. The van der Waals surface area contributed by atoms with E-state index >= 15 is 0 Å². The van der Waals surface area contributed by atoms with Crippen LogP contribution in [0.1, 0.15) is 65.1 Å². The number of hydrogen-bond acceptors (Lipinski definition) is 3. The molecular weight excluding hydrogens is 212 g/mol. The molecule has 0 fully saturated rings. The fourth-order valence-electron chi connectivity index (χ4n) is 2.01. The minimum Gasteiger partial charge on any atom is -0.362 e. The summed E-state index contributed by atoms with van der Waals surface area (Å²) in [7, 11) is 0. The number of aryl methyl sites for hydroxylation is 1. The summed E-state index contributed by atoms with van der Waals surface area (Å²) in [6.45, 7) is 8.60. The smallest absolute Gasteiger partial charge is 0.170 e. The Morgan fingerprint density at radius 2 is 1.94 bits per heavy atom. The predicted molar refractivity (Wildman–Crippen MR) is 72.3 cm³/mol. The summed E-state index contributed by atoms with van der Waals surface area (Å²) in [4.78, 5) is 0. The summed E-state index contributed by atoms with van der Waals surface area (Å²) in [5.74, 6) is 1.70. The van der Waals surface area contributed by atoms with E-state index in [0.717, 1.165) is 11.6 Å². The van der Waals surface area contributed by atoms with Crippen molar-refractivity contribution in [2.75, 3.05) is 5.32 Å². The highest BCUT2D eigenvalue weighted by atomic mass is 16.5. The molecule has 3 heteroatoms. The Bertz CT molecular complexity index is 318. The van der Waals surface area contributed by atoms with E-state index in [0.29, 0.717) is 0 Å². The van der Waals surface area contributed by atoms with Gasteiger partial charge >= 0.3 is 0 Å². The van der Waals surface area contributed by atoms with Crippen molar-refractivity contribution in [1.29, 1.82) is 0 Å². The number of nitrogens with zero attached hydrogens (tertiary/aromatic N) is 1. The average Bonchev–Trinajstić information content (AvgIpc) is 2.62. The van der Waals surface area contributed by atoms with Gasteiger partial charge in [0.05, 0.1) is 0 Å². The Kier molecular flexibility index (Phi) is 5.52. The Morgan fingerprint density at radius 3 is 2.53 bits per heavy atom. The third-order valence-electron chi connectivity index (χ3n) is 3.00. The lowest BCUT2D eigenvalue weighted by Crippen LogP contribution is -2.30. The molecule has 1 aromatic rings. The van der Waals surface area contributed by atoms with Crippen LogP contribution >= 0.6 is 0 Å². The predicted octanol–water partition coefficient (Wildman–Crippen LogP) is 4.53. The van der Waals surface area contributed by atoms with Crippen molar-refractivity contribution in [3.63, 3.8) is 0 Å². The van der Waals surface area contributed by atoms with Crippen LogP contribution in [0.15, 0.2) is 10.6 Å². The summed E-state index contributed by atoms with van der Waals surface area (Å²) >= 11 is 0. The molecule has 17 heavy (non-hydrogen) atoms. The van der Waals surface area contributed by atoms with Crippen molar-refractivity contribution in [3.8, 4) is 0 Å². The maximum atomic E-state index is 5.06. The van der Waals surface area contributed by atoms with E-state index in [1.54, 1.807) is 0 Å². The van der Waals surface area contributed by atoms with E-state index in [9.17, 15) is 0 Å². The first-order valence-corrected chi connectivity index (χ1v) is 6.75. The maximum absolute atomic E-state index is 5.06. The molecule has 0 radical (unpaired) electrons. The van der Waals surface area contributed by atoms with E-state index in [2.05, 4.69) is 31.2 Å². The number of anilines is 1. The molecule has 0 aliphatic heterocycles. The fraction of sp³-hybridized carbons (Fsp3) is 0.786. The van der Waals surface area contributed by atoms with Gasteiger partial charge in [0, 0.05) is 11.6 Å². The Labute approximate surface area is 105 Å². The van der Waals surface area contributed by atoms with Crippen molar-refractivity contribution in [3.05, 3.63) is 11.8 Å². The van der Waals surface area contributed by atoms with Crippen LogP contribution in [0, 0.1) is 6.92 Å². The van der Waals surface area contributed by atoms with E-state index in [1.165, 1.54) is 38.5 Å². The zero-order chi connectivity index (χ0) is 12.7. The van der Waals surface area contributed by atoms with E-state index < -0.39 is 0 Å². The van der Waals surface area contributed by atoms with Gasteiger partial charge in [0.15, 0.2) is 5.82 Å². The van der Waals surface area contributed by atoms with Gasteiger partial charge in [-0.3, -0.25) is 0 Å². The molecule has 0 saturated heterocycles. The molecule has 1 heterocycles. The van der Waals surface area contributed by atoms with Crippen molar-refractivity contribution in [2.45, 2.75) is 71.8 Å². The first-order valence-electron chi connectivity index (χ1n) is 6.75. The van der Waals surface area contributed by atoms with E-state index in [-0.39, 0.29) is 5.54 Å². The minimum absolute atomic E-state index is 0.0928. The molecule has 0 unspecified atom stereocenters. The van der Waals surface area contributed by atoms with Crippen molar-refractivity contribution in [1.82, 2.24) is 5.16 Å². The first kappa shape index (κ1) is 14.1. The normalized spacial score (nSPS) is 11.8. The van der Waals surface area contributed by atoms with Crippen LogP contribution in [0.2, 0.25) is 0 Å². The second-order valence-electron chi connectivity index (χ2n) is 5.50. The van der Waals surface area contributed by atoms with Crippen LogP contribution in [0.5, 0.6) is 0 Å². The molecule has 0 spiro atoms. The van der Waals surface area contributed by atoms with Crippen LogP contribution in [-0.2, 0) is 0 Å². The van der Waals surface area contributed by atoms with Crippen molar-refractivity contribution >= 4 is 5.82 Å². The molecule has 98 valence electrons. The Balaban J connectivity index is 2.25. The lowest BCUT2D eigenvalue weighted by Gasteiger charge is -2.25. The topological polar surface area (TPSA) is 38.1 Å². The van der Waals surface area contributed by atoms with Gasteiger partial charge in [-0.1, -0.05) is 44.2 Å². The van der Waals surface area contributed by atoms with Gasteiger partial charge in [0.2, 0.25) is 0 Å². The van der Waals surface area contributed by atoms with Crippen LogP contribution in [0.25, 0.3) is 0 Å². The average molecular weight is 238 g/mol. The van der Waals surface area contributed by atoms with Gasteiger partial charge in [-0.2, -0.15) is 0 Å². The quantitative estimate of drug-likeness (QED) is 0.676. The monoisotopic (exact) mass is 238 g/mol. The second kappa shape index (κ2) is 6.67. The molecule has 0 bridgehead atoms. The summed E-state index contributed by atoms with van der Waals surface area (Å²) < 4.78 is 5.06. The maximum Gasteiger partial charge on any atom is 0.170 e. The van der Waals surface area contributed by atoms with E-state index in [1.807, 2.05) is 13.0 Å². The lowest BCUT2D eigenvalue weighted by molar-refractivity contribution is 0.395. The van der Waals surface area contributed by atoms with Crippen LogP contribution in [-0.4, -0.2) is 10.7 Å². The number of rotatable bonds is 8. The number of nitrogens with one attached hydrogen (secondary N) is 1. The van der Waals surface area contributed by atoms with Gasteiger partial charge < -0.3 is 9.84 Å². The zero-order valence-corrected chi connectivity index (χ0v) is 11.7. The van der Waals surface area contributed by atoms with Crippen molar-refractivity contribution in [2.24, 2.45) is 0 Å². The summed E-state index contributed by atoms with van der Waals surface area (Å²) in [6.07, 6.45) is 7.79. The molecule has 1 N–H and O–H groups in total. The Morgan fingerprint density at radius 1 is 1.24 bits per heavy atom. The standard InChI is InChI=1S/C14H26N2O/c1-5-6-7-8-9-10-14(3,4)15-13-11-12(2)17-16-13/h11H,5-10H2,1-4H3,(H,15,16). The second-order valence-corrected chi connectivity index (χ2v) is 5.50. The summed E-state index contributed by atoms with van der Waals surface area (Å²) in [5, 5.41) is 7.40. The molecule has 0 atom stereocenters. The van der Waals surface area contributed by atoms with Gasteiger partial charge in [-0.05, 0) is 27.2 Å². The molecule has 0 saturated carbocycles. The van der Waals surface area contributed by atoms with Gasteiger partial charge in [-0.15, -0.1) is 0 Å². The van der Waals surface area contributed by atoms with Crippen LogP contribution < -0.4 is 5.32 Å². The molecule has 0 amide bonds. The highest BCUT2D eigenvalue weighted by Gasteiger charge is 2.18. The summed E-state index contributed by atoms with van der Waals surface area (Å²) in [6, 6.07) is 1.94. The highest BCUT2D eigenvalue weighted by molar-refractivity contribution is 5.36. The minimum atomic E-state index is 0.0928. The highest BCUT2D eigenvalue weighted by Crippen LogP contribution is 2.20. The Hall–Kier alpha value is -0.990. The summed E-state index contributed by atoms with van der Waals surface area (Å²) in [5.41, 5.74) is 0.0928. The molecule has 1 rings (SSSR count). The molecule has 0 aromatic carbocycles. The van der Waals surface area contributed by atoms with Crippen LogP contribution in [0.3, 0.4) is 0 Å². The molecule has 0 aliphatic carbocycles. The van der Waals surface area contributed by atoms with Gasteiger partial charge in [0.1, 0.15) is 5.76 Å². The molecular formula is C14H26N2O. The first-order chi connectivity index (χ1) is 8.03. The largest absolute Gasteiger partial charge is 0.362 e. The third kappa shape index (κ3) is 5.76. The SMILES string of the molecule is CCCCCCCC(C)(C)Nc1cc(C)on1. The van der Waals surface area contributed by atoms with Crippen molar-refractivity contribution < 1.29 is 4.52 Å². The number of unbranched alkanes of at least 4 members (excludes halogenated alkanes) is 4. The van der Waals surface area contributed by atoms with E-state index in [4.69, 9.17) is 4.52 Å². The fourth-order valence-corrected chi connectivity index (χ4v) is 2.01.